The van der Waals surface area contributed by atoms with E-state index in [0.717, 1.165) is 11.6 Å². The lowest BCUT2D eigenvalue weighted by atomic mass is 9.84. The second-order valence-electron chi connectivity index (χ2n) is 4.23. The molecule has 1 aliphatic heterocycles. The first-order valence-corrected chi connectivity index (χ1v) is 5.60. The van der Waals surface area contributed by atoms with Crippen molar-refractivity contribution in [3.63, 3.8) is 0 Å². The maximum atomic E-state index is 6.00. The minimum atomic E-state index is 0. The molecule has 3 heteroatoms. The van der Waals surface area contributed by atoms with Crippen LogP contribution in [0.4, 0.5) is 0 Å². The van der Waals surface area contributed by atoms with E-state index < -0.39 is 0 Å². The molecule has 0 bridgehead atoms. The van der Waals surface area contributed by atoms with Gasteiger partial charge in [-0.1, -0.05) is 30.2 Å². The lowest BCUT2D eigenvalue weighted by Gasteiger charge is -2.35. The van der Waals surface area contributed by atoms with E-state index in [2.05, 4.69) is 24.4 Å². The van der Waals surface area contributed by atoms with Gasteiger partial charge < -0.3 is 5.32 Å². The summed E-state index contributed by atoms with van der Waals surface area (Å²) < 4.78 is 0. The normalized spacial score (nSPS) is 25.7. The average molecular weight is 246 g/mol. The Kier molecular flexibility index (Phi) is 4.45. The standard InChI is InChI=1S/C12H16ClN.ClH/c1-12(7-2-3-8-14-12)10-5-4-6-11(13)9-10;/h4-6,9,14H,2-3,7-8H2,1H3;1H. The van der Waals surface area contributed by atoms with Crippen LogP contribution in [0.2, 0.25) is 5.02 Å². The Morgan fingerprint density at radius 2 is 2.13 bits per heavy atom. The molecule has 1 atom stereocenters. The zero-order chi connectivity index (χ0) is 10.0. The van der Waals surface area contributed by atoms with Gasteiger partial charge in [-0.3, -0.25) is 0 Å². The molecule has 1 aliphatic rings. The molecule has 0 spiro atoms. The SMILES string of the molecule is CC1(c2cccc(Cl)c2)CCCCN1.Cl. The highest BCUT2D eigenvalue weighted by Crippen LogP contribution is 2.30. The van der Waals surface area contributed by atoms with Crippen molar-refractivity contribution in [2.24, 2.45) is 0 Å². The maximum Gasteiger partial charge on any atom is 0.0409 e. The Balaban J connectivity index is 0.00000112. The van der Waals surface area contributed by atoms with Crippen LogP contribution in [0.25, 0.3) is 0 Å². The van der Waals surface area contributed by atoms with Crippen LogP contribution < -0.4 is 5.32 Å². The summed E-state index contributed by atoms with van der Waals surface area (Å²) in [5, 5.41) is 4.41. The van der Waals surface area contributed by atoms with Crippen molar-refractivity contribution in [1.29, 1.82) is 0 Å². The Bertz CT molecular complexity index is 319. The second kappa shape index (κ2) is 5.20. The van der Waals surface area contributed by atoms with Crippen molar-refractivity contribution in [2.75, 3.05) is 6.54 Å². The van der Waals surface area contributed by atoms with Crippen molar-refractivity contribution in [3.8, 4) is 0 Å². The fraction of sp³-hybridized carbons (Fsp3) is 0.500. The molecular weight excluding hydrogens is 229 g/mol. The van der Waals surface area contributed by atoms with E-state index in [1.54, 1.807) is 0 Å². The molecule has 0 radical (unpaired) electrons. The van der Waals surface area contributed by atoms with Gasteiger partial charge in [-0.15, -0.1) is 12.4 Å². The van der Waals surface area contributed by atoms with Gasteiger partial charge in [-0.2, -0.15) is 0 Å². The number of halogens is 2. The molecule has 0 aromatic heterocycles. The highest BCUT2D eigenvalue weighted by Gasteiger charge is 2.27. The van der Waals surface area contributed by atoms with Crippen molar-refractivity contribution in [1.82, 2.24) is 5.32 Å². The van der Waals surface area contributed by atoms with Crippen molar-refractivity contribution in [2.45, 2.75) is 31.7 Å². The van der Waals surface area contributed by atoms with Crippen LogP contribution >= 0.6 is 24.0 Å². The molecule has 1 fully saturated rings. The van der Waals surface area contributed by atoms with Gasteiger partial charge in [0.1, 0.15) is 0 Å². The molecule has 1 heterocycles. The first kappa shape index (κ1) is 12.8. The van der Waals surface area contributed by atoms with Crippen LogP contribution in [-0.4, -0.2) is 6.54 Å². The summed E-state index contributed by atoms with van der Waals surface area (Å²) in [5.74, 6) is 0. The van der Waals surface area contributed by atoms with E-state index in [-0.39, 0.29) is 17.9 Å². The largest absolute Gasteiger partial charge is 0.308 e. The molecule has 0 amide bonds. The van der Waals surface area contributed by atoms with Crippen LogP contribution in [0.15, 0.2) is 24.3 Å². The zero-order valence-corrected chi connectivity index (χ0v) is 10.5. The molecule has 2 rings (SSSR count). The van der Waals surface area contributed by atoms with E-state index in [9.17, 15) is 0 Å². The van der Waals surface area contributed by atoms with Crippen molar-refractivity contribution < 1.29 is 0 Å². The summed E-state index contributed by atoms with van der Waals surface area (Å²) in [4.78, 5) is 0. The number of rotatable bonds is 1. The fourth-order valence-electron chi connectivity index (χ4n) is 2.13. The molecule has 1 saturated heterocycles. The molecule has 0 saturated carbocycles. The Morgan fingerprint density at radius 3 is 2.73 bits per heavy atom. The monoisotopic (exact) mass is 245 g/mol. The maximum absolute atomic E-state index is 6.00. The van der Waals surface area contributed by atoms with E-state index in [1.165, 1.54) is 24.8 Å². The topological polar surface area (TPSA) is 12.0 Å². The zero-order valence-electron chi connectivity index (χ0n) is 8.92. The first-order valence-electron chi connectivity index (χ1n) is 5.22. The third kappa shape index (κ3) is 2.87. The van der Waals surface area contributed by atoms with Gasteiger partial charge in [-0.25, -0.2) is 0 Å². The number of hydrogen-bond donors (Lipinski definition) is 1. The van der Waals surface area contributed by atoms with Gasteiger partial charge in [0, 0.05) is 10.6 Å². The average Bonchev–Trinajstić information content (AvgIpc) is 2.19. The van der Waals surface area contributed by atoms with Crippen molar-refractivity contribution in [3.05, 3.63) is 34.9 Å². The molecule has 1 N–H and O–H groups in total. The summed E-state index contributed by atoms with van der Waals surface area (Å²) in [7, 11) is 0. The van der Waals surface area contributed by atoms with Crippen LogP contribution in [0.1, 0.15) is 31.7 Å². The molecule has 1 aromatic rings. The summed E-state index contributed by atoms with van der Waals surface area (Å²) in [6.07, 6.45) is 3.79. The summed E-state index contributed by atoms with van der Waals surface area (Å²) in [5.41, 5.74) is 1.44. The minimum absolute atomic E-state index is 0. The van der Waals surface area contributed by atoms with E-state index in [1.807, 2.05) is 12.1 Å². The summed E-state index contributed by atoms with van der Waals surface area (Å²) in [6.45, 7) is 3.38. The second-order valence-corrected chi connectivity index (χ2v) is 4.66. The van der Waals surface area contributed by atoms with Crippen LogP contribution in [0.3, 0.4) is 0 Å². The van der Waals surface area contributed by atoms with Gasteiger partial charge in [0.15, 0.2) is 0 Å². The van der Waals surface area contributed by atoms with E-state index >= 15 is 0 Å². The van der Waals surface area contributed by atoms with Gasteiger partial charge in [0.05, 0.1) is 0 Å². The van der Waals surface area contributed by atoms with Crippen LogP contribution in [0.5, 0.6) is 0 Å². The van der Waals surface area contributed by atoms with Crippen molar-refractivity contribution >= 4 is 24.0 Å². The predicted octanol–water partition coefficient (Wildman–Crippen LogP) is 3.75. The number of hydrogen-bond acceptors (Lipinski definition) is 1. The lowest BCUT2D eigenvalue weighted by molar-refractivity contribution is 0.283. The molecule has 1 aromatic carbocycles. The number of piperidine rings is 1. The van der Waals surface area contributed by atoms with Gasteiger partial charge in [-0.05, 0) is 44.0 Å². The highest BCUT2D eigenvalue weighted by molar-refractivity contribution is 6.30. The minimum Gasteiger partial charge on any atom is -0.308 e. The van der Waals surface area contributed by atoms with Gasteiger partial charge >= 0.3 is 0 Å². The summed E-state index contributed by atoms with van der Waals surface area (Å²) >= 11 is 6.00. The molecule has 1 unspecified atom stereocenters. The molecular formula is C12H17Cl2N. The third-order valence-corrected chi connectivity index (χ3v) is 3.32. The van der Waals surface area contributed by atoms with Gasteiger partial charge in [0.2, 0.25) is 0 Å². The third-order valence-electron chi connectivity index (χ3n) is 3.08. The quantitative estimate of drug-likeness (QED) is 0.795. The van der Waals surface area contributed by atoms with E-state index in [4.69, 9.17) is 11.6 Å². The number of benzene rings is 1. The smallest absolute Gasteiger partial charge is 0.0409 e. The Labute approximate surface area is 103 Å². The summed E-state index contributed by atoms with van der Waals surface area (Å²) in [6, 6.07) is 8.18. The molecule has 0 aliphatic carbocycles. The molecule has 15 heavy (non-hydrogen) atoms. The molecule has 84 valence electrons. The predicted molar refractivity (Wildman–Crippen MR) is 67.9 cm³/mol. The van der Waals surface area contributed by atoms with Gasteiger partial charge in [0.25, 0.3) is 0 Å². The first-order chi connectivity index (χ1) is 6.71. The van der Waals surface area contributed by atoms with E-state index in [0.29, 0.717) is 0 Å². The highest BCUT2D eigenvalue weighted by atomic mass is 35.5. The molecule has 1 nitrogen and oxygen atoms in total. The van der Waals surface area contributed by atoms with Crippen LogP contribution in [-0.2, 0) is 5.54 Å². The fourth-order valence-corrected chi connectivity index (χ4v) is 2.32. The van der Waals surface area contributed by atoms with Crippen LogP contribution in [0, 0.1) is 0 Å². The Hall–Kier alpha value is -0.240. The Morgan fingerprint density at radius 1 is 1.33 bits per heavy atom. The lowest BCUT2D eigenvalue weighted by Crippen LogP contribution is -2.43. The number of nitrogens with one attached hydrogen (secondary N) is 1.